The van der Waals surface area contributed by atoms with E-state index in [4.69, 9.17) is 21.9 Å². The van der Waals surface area contributed by atoms with Gasteiger partial charge >= 0.3 is 0 Å². The number of pyridine rings is 1. The quantitative estimate of drug-likeness (QED) is 0.347. The first-order chi connectivity index (χ1) is 17.9. The van der Waals surface area contributed by atoms with E-state index in [9.17, 15) is 9.59 Å². The van der Waals surface area contributed by atoms with Crippen LogP contribution in [0, 0.1) is 6.92 Å². The summed E-state index contributed by atoms with van der Waals surface area (Å²) < 4.78 is 7.36. The monoisotopic (exact) mass is 535 g/mol. The standard InChI is InChI=1S/C27H29N5O3S2/c1-4-11-31-26(34)22(37-27(31)36)16-21-24(28-23-10-5-18(2)17-32(23)25(21)33)30-14-12-29(13-15-30)19-6-8-20(35-3)9-7-19/h5-10,16-17H,4,11-15H2,1-3H3. The number of thioether (sulfide) groups is 1. The van der Waals surface area contributed by atoms with Crippen LogP contribution in [0.4, 0.5) is 11.5 Å². The molecule has 8 nitrogen and oxygen atoms in total. The molecule has 1 amide bonds. The number of nitrogens with zero attached hydrogens (tertiary/aromatic N) is 5. The van der Waals surface area contributed by atoms with E-state index in [1.54, 1.807) is 28.7 Å². The molecule has 2 fully saturated rings. The third-order valence-corrected chi connectivity index (χ3v) is 7.98. The Morgan fingerprint density at radius 2 is 1.76 bits per heavy atom. The van der Waals surface area contributed by atoms with E-state index in [0.29, 0.717) is 45.9 Å². The van der Waals surface area contributed by atoms with Crippen LogP contribution < -0.4 is 20.1 Å². The van der Waals surface area contributed by atoms with Gasteiger partial charge in [-0.3, -0.25) is 18.9 Å². The summed E-state index contributed by atoms with van der Waals surface area (Å²) in [7, 11) is 1.66. The molecule has 37 heavy (non-hydrogen) atoms. The molecule has 2 aliphatic rings. The second kappa shape index (κ2) is 10.5. The third kappa shape index (κ3) is 4.95. The van der Waals surface area contributed by atoms with Gasteiger partial charge in [-0.1, -0.05) is 37.0 Å². The number of rotatable bonds is 6. The van der Waals surface area contributed by atoms with Gasteiger partial charge in [0.25, 0.3) is 11.5 Å². The van der Waals surface area contributed by atoms with Crippen molar-refractivity contribution in [2.45, 2.75) is 20.3 Å². The number of fused-ring (bicyclic) bond motifs is 1. The fourth-order valence-corrected chi connectivity index (χ4v) is 5.92. The fraction of sp³-hybridized carbons (Fsp3) is 0.333. The van der Waals surface area contributed by atoms with Crippen molar-refractivity contribution in [3.05, 3.63) is 69.0 Å². The second-order valence-electron chi connectivity index (χ2n) is 9.09. The summed E-state index contributed by atoms with van der Waals surface area (Å²) in [5.74, 6) is 1.28. The minimum atomic E-state index is -0.193. The summed E-state index contributed by atoms with van der Waals surface area (Å²) in [5, 5.41) is 0. The molecule has 2 aromatic heterocycles. The summed E-state index contributed by atoms with van der Waals surface area (Å²) in [6.45, 7) is 7.45. The van der Waals surface area contributed by atoms with Crippen LogP contribution in [0.5, 0.6) is 5.75 Å². The van der Waals surface area contributed by atoms with E-state index in [1.807, 2.05) is 38.1 Å². The smallest absolute Gasteiger partial charge is 0.267 e. The molecule has 0 saturated carbocycles. The first-order valence-corrected chi connectivity index (χ1v) is 13.5. The number of hydrogen-bond donors (Lipinski definition) is 0. The summed E-state index contributed by atoms with van der Waals surface area (Å²) in [6.07, 6.45) is 4.28. The van der Waals surface area contributed by atoms with Crippen LogP contribution in [0.1, 0.15) is 24.5 Å². The third-order valence-electron chi connectivity index (χ3n) is 6.60. The van der Waals surface area contributed by atoms with Crippen molar-refractivity contribution < 1.29 is 9.53 Å². The Kier molecular flexibility index (Phi) is 7.21. The molecular formula is C27H29N5O3S2. The Balaban J connectivity index is 1.50. The molecule has 4 heterocycles. The van der Waals surface area contributed by atoms with Crippen LogP contribution in [-0.2, 0) is 4.79 Å². The Labute approximate surface area is 225 Å². The highest BCUT2D eigenvalue weighted by molar-refractivity contribution is 8.26. The van der Waals surface area contributed by atoms with Crippen molar-refractivity contribution in [2.24, 2.45) is 0 Å². The highest BCUT2D eigenvalue weighted by atomic mass is 32.2. The molecule has 0 N–H and O–H groups in total. The van der Waals surface area contributed by atoms with Crippen molar-refractivity contribution in [1.82, 2.24) is 14.3 Å². The van der Waals surface area contributed by atoms with Crippen LogP contribution in [0.25, 0.3) is 11.7 Å². The predicted molar refractivity (Wildman–Crippen MR) is 154 cm³/mol. The molecule has 0 unspecified atom stereocenters. The first kappa shape index (κ1) is 25.3. The van der Waals surface area contributed by atoms with Gasteiger partial charge in [0.2, 0.25) is 0 Å². The number of carbonyl (C=O) groups is 1. The topological polar surface area (TPSA) is 70.4 Å². The molecule has 2 saturated heterocycles. The molecule has 0 radical (unpaired) electrons. The molecule has 1 aromatic carbocycles. The fourth-order valence-electron chi connectivity index (χ4n) is 4.63. The minimum Gasteiger partial charge on any atom is -0.497 e. The van der Waals surface area contributed by atoms with E-state index in [2.05, 4.69) is 21.9 Å². The normalized spacial score (nSPS) is 17.4. The maximum absolute atomic E-state index is 13.7. The highest BCUT2D eigenvalue weighted by Crippen LogP contribution is 2.34. The SMILES string of the molecule is CCCN1C(=O)C(=Cc2c(N3CCN(c4ccc(OC)cc4)CC3)nc3ccc(C)cn3c2=O)SC1=S. The van der Waals surface area contributed by atoms with Crippen LogP contribution in [-0.4, -0.2) is 64.3 Å². The van der Waals surface area contributed by atoms with Crippen molar-refractivity contribution in [3.8, 4) is 5.75 Å². The molecule has 2 aliphatic heterocycles. The molecule has 0 aliphatic carbocycles. The zero-order valence-electron chi connectivity index (χ0n) is 21.1. The Bertz CT molecular complexity index is 1440. The molecular weight excluding hydrogens is 506 g/mol. The number of methoxy groups -OCH3 is 1. The van der Waals surface area contributed by atoms with Gasteiger partial charge in [-0.2, -0.15) is 0 Å². The van der Waals surface area contributed by atoms with Gasteiger partial charge in [-0.15, -0.1) is 0 Å². The van der Waals surface area contributed by atoms with Crippen LogP contribution in [0.3, 0.4) is 0 Å². The Hall–Kier alpha value is -3.37. The number of ether oxygens (including phenoxy) is 1. The number of aryl methyl sites for hydroxylation is 1. The van der Waals surface area contributed by atoms with E-state index >= 15 is 0 Å². The average molecular weight is 536 g/mol. The lowest BCUT2D eigenvalue weighted by Crippen LogP contribution is -2.47. The number of anilines is 2. The van der Waals surface area contributed by atoms with E-state index < -0.39 is 0 Å². The second-order valence-corrected chi connectivity index (χ2v) is 10.8. The van der Waals surface area contributed by atoms with Crippen molar-refractivity contribution in [1.29, 1.82) is 0 Å². The molecule has 0 bridgehead atoms. The van der Waals surface area contributed by atoms with E-state index in [1.165, 1.54) is 11.8 Å². The van der Waals surface area contributed by atoms with E-state index in [-0.39, 0.29) is 11.5 Å². The summed E-state index contributed by atoms with van der Waals surface area (Å²) in [5.41, 5.74) is 2.89. The lowest BCUT2D eigenvalue weighted by Gasteiger charge is -2.37. The first-order valence-electron chi connectivity index (χ1n) is 12.3. The van der Waals surface area contributed by atoms with Gasteiger partial charge in [0.05, 0.1) is 17.6 Å². The summed E-state index contributed by atoms with van der Waals surface area (Å²) in [4.78, 5) is 38.2. The van der Waals surface area contributed by atoms with Crippen molar-refractivity contribution >= 4 is 57.4 Å². The molecule has 0 atom stereocenters. The van der Waals surface area contributed by atoms with Gasteiger partial charge in [-0.25, -0.2) is 4.98 Å². The zero-order chi connectivity index (χ0) is 26.1. The van der Waals surface area contributed by atoms with Crippen LogP contribution in [0.15, 0.2) is 52.3 Å². The van der Waals surface area contributed by atoms with Gasteiger partial charge < -0.3 is 14.5 Å². The molecule has 10 heteroatoms. The zero-order valence-corrected chi connectivity index (χ0v) is 22.8. The molecule has 3 aromatic rings. The van der Waals surface area contributed by atoms with Gasteiger partial charge in [0.1, 0.15) is 21.5 Å². The van der Waals surface area contributed by atoms with Crippen molar-refractivity contribution in [3.63, 3.8) is 0 Å². The molecule has 5 rings (SSSR count). The molecule has 192 valence electrons. The number of benzene rings is 1. The lowest BCUT2D eigenvalue weighted by molar-refractivity contribution is -0.122. The van der Waals surface area contributed by atoms with Crippen molar-refractivity contribution in [2.75, 3.05) is 49.6 Å². The Morgan fingerprint density at radius 1 is 1.05 bits per heavy atom. The number of amides is 1. The van der Waals surface area contributed by atoms with Crippen LogP contribution >= 0.6 is 24.0 Å². The van der Waals surface area contributed by atoms with Gasteiger partial charge in [-0.05, 0) is 55.3 Å². The predicted octanol–water partition coefficient (Wildman–Crippen LogP) is 3.95. The summed E-state index contributed by atoms with van der Waals surface area (Å²) >= 11 is 6.69. The van der Waals surface area contributed by atoms with Crippen LogP contribution in [0.2, 0.25) is 0 Å². The van der Waals surface area contributed by atoms with Gasteiger partial charge in [0.15, 0.2) is 0 Å². The maximum atomic E-state index is 13.7. The number of hydrogen-bond acceptors (Lipinski definition) is 8. The number of carbonyl (C=O) groups excluding carboxylic acids is 1. The number of piperazine rings is 1. The summed E-state index contributed by atoms with van der Waals surface area (Å²) in [6, 6.07) is 11.8. The maximum Gasteiger partial charge on any atom is 0.267 e. The highest BCUT2D eigenvalue weighted by Gasteiger charge is 2.32. The average Bonchev–Trinajstić information content (AvgIpc) is 3.18. The van der Waals surface area contributed by atoms with Gasteiger partial charge in [0, 0.05) is 44.6 Å². The minimum absolute atomic E-state index is 0.152. The van der Waals surface area contributed by atoms with E-state index in [0.717, 1.165) is 36.5 Å². The largest absolute Gasteiger partial charge is 0.497 e. The molecule has 0 spiro atoms. The number of thiocarbonyl (C=S) groups is 1. The Morgan fingerprint density at radius 3 is 2.43 bits per heavy atom. The number of aromatic nitrogens is 2. The lowest BCUT2D eigenvalue weighted by atomic mass is 10.2.